The van der Waals surface area contributed by atoms with Crippen LogP contribution in [0.4, 0.5) is 5.95 Å². The van der Waals surface area contributed by atoms with Gasteiger partial charge in [-0.2, -0.15) is 0 Å². The molecule has 15 heavy (non-hydrogen) atoms. The summed E-state index contributed by atoms with van der Waals surface area (Å²) >= 11 is 0. The molecule has 0 radical (unpaired) electrons. The van der Waals surface area contributed by atoms with Gasteiger partial charge in [0.1, 0.15) is 0 Å². The minimum absolute atomic E-state index is 0.118. The van der Waals surface area contributed by atoms with E-state index in [0.717, 1.165) is 0 Å². The molecule has 0 unspecified atom stereocenters. The van der Waals surface area contributed by atoms with E-state index in [9.17, 15) is 9.59 Å². The van der Waals surface area contributed by atoms with Crippen molar-refractivity contribution in [3.8, 4) is 0 Å². The highest BCUT2D eigenvalue weighted by Gasteiger charge is 2.10. The van der Waals surface area contributed by atoms with E-state index in [-0.39, 0.29) is 11.8 Å². The number of carbonyl (C=O) groups excluding carboxylic acids is 1. The van der Waals surface area contributed by atoms with E-state index in [1.165, 1.54) is 12.4 Å². The van der Waals surface area contributed by atoms with Crippen molar-refractivity contribution in [2.45, 2.75) is 0 Å². The summed E-state index contributed by atoms with van der Waals surface area (Å²) in [5.74, 6) is -0.557. The summed E-state index contributed by atoms with van der Waals surface area (Å²) in [5, 5.41) is 7.88. The molecule has 3 N–H and O–H groups in total. The first-order valence-corrected chi connectivity index (χ1v) is 3.99. The maximum Gasteiger partial charge on any atom is 0.341 e. The molecule has 76 valence electrons. The van der Waals surface area contributed by atoms with Crippen LogP contribution in [0.1, 0.15) is 10.6 Å². The van der Waals surface area contributed by atoms with Crippen molar-refractivity contribution in [3.63, 3.8) is 0 Å². The molecule has 2 aromatic heterocycles. The quantitative estimate of drug-likeness (QED) is 0.591. The summed E-state index contributed by atoms with van der Waals surface area (Å²) in [6, 6.07) is 1.62. The summed E-state index contributed by atoms with van der Waals surface area (Å²) in [4.78, 5) is 31.8. The lowest BCUT2D eigenvalue weighted by atomic mass is 10.5. The molecule has 2 aromatic rings. The van der Waals surface area contributed by atoms with Crippen molar-refractivity contribution in [2.75, 3.05) is 5.32 Å². The van der Waals surface area contributed by atoms with Crippen LogP contribution in [0.25, 0.3) is 0 Å². The van der Waals surface area contributed by atoms with Gasteiger partial charge < -0.3 is 0 Å². The number of hydrogen-bond acceptors (Lipinski definition) is 5. The highest BCUT2D eigenvalue weighted by atomic mass is 16.2. The predicted octanol–water partition coefficient (Wildman–Crippen LogP) is -0.860. The van der Waals surface area contributed by atoms with Crippen LogP contribution in [0.5, 0.6) is 0 Å². The molecule has 0 atom stereocenters. The number of aromatic nitrogens is 5. The second-order valence-electron chi connectivity index (χ2n) is 2.55. The lowest BCUT2D eigenvalue weighted by Crippen LogP contribution is -2.16. The summed E-state index contributed by atoms with van der Waals surface area (Å²) in [6.45, 7) is 0. The summed E-state index contributed by atoms with van der Waals surface area (Å²) in [6.07, 6.45) is 2.96. The normalized spacial score (nSPS) is 9.87. The van der Waals surface area contributed by atoms with E-state index in [2.05, 4.69) is 30.5 Å². The fraction of sp³-hybridized carbons (Fsp3) is 0. The standard InChI is InChI=1S/C7H6N6O2/c14-5(4-10-7(15)13-12-4)11-6-8-2-1-3-9-6/h1-3H,(H,8,9,11,14)(H2,10,12,13,15). The minimum Gasteiger partial charge on any atom is -0.288 e. The van der Waals surface area contributed by atoms with Gasteiger partial charge in [-0.1, -0.05) is 0 Å². The monoisotopic (exact) mass is 206 g/mol. The zero-order chi connectivity index (χ0) is 10.7. The van der Waals surface area contributed by atoms with Crippen LogP contribution in [0.15, 0.2) is 23.3 Å². The first-order valence-electron chi connectivity index (χ1n) is 3.99. The maximum atomic E-state index is 11.4. The predicted molar refractivity (Wildman–Crippen MR) is 49.2 cm³/mol. The number of aromatic amines is 2. The molecule has 0 aliphatic heterocycles. The van der Waals surface area contributed by atoms with Crippen LogP contribution < -0.4 is 11.0 Å². The molecule has 0 spiro atoms. The molecule has 0 aliphatic rings. The van der Waals surface area contributed by atoms with Crippen LogP contribution >= 0.6 is 0 Å². The average Bonchev–Trinajstić information content (AvgIpc) is 2.66. The third-order valence-electron chi connectivity index (χ3n) is 1.51. The van der Waals surface area contributed by atoms with Crippen LogP contribution in [0.3, 0.4) is 0 Å². The summed E-state index contributed by atoms with van der Waals surface area (Å²) in [7, 11) is 0. The van der Waals surface area contributed by atoms with Crippen molar-refractivity contribution in [1.29, 1.82) is 0 Å². The molecule has 0 bridgehead atoms. The largest absolute Gasteiger partial charge is 0.341 e. The number of rotatable bonds is 2. The fourth-order valence-corrected chi connectivity index (χ4v) is 0.902. The molecule has 2 rings (SSSR count). The molecule has 1 amide bonds. The van der Waals surface area contributed by atoms with E-state index in [1.807, 2.05) is 0 Å². The smallest absolute Gasteiger partial charge is 0.288 e. The Morgan fingerprint density at radius 3 is 2.67 bits per heavy atom. The summed E-state index contributed by atoms with van der Waals surface area (Å²) in [5.41, 5.74) is -0.547. The Hall–Kier alpha value is -2.51. The Balaban J connectivity index is 2.14. The average molecular weight is 206 g/mol. The Morgan fingerprint density at radius 2 is 2.07 bits per heavy atom. The number of amides is 1. The Bertz CT molecular complexity index is 516. The van der Waals surface area contributed by atoms with Gasteiger partial charge in [-0.25, -0.2) is 19.9 Å². The van der Waals surface area contributed by atoms with E-state index in [1.54, 1.807) is 6.07 Å². The van der Waals surface area contributed by atoms with Gasteiger partial charge >= 0.3 is 5.69 Å². The number of H-pyrrole nitrogens is 2. The zero-order valence-electron chi connectivity index (χ0n) is 7.39. The number of nitrogens with zero attached hydrogens (tertiary/aromatic N) is 3. The molecule has 0 saturated heterocycles. The number of anilines is 1. The van der Waals surface area contributed by atoms with Gasteiger partial charge in [-0.15, -0.1) is 5.10 Å². The Morgan fingerprint density at radius 1 is 1.33 bits per heavy atom. The third kappa shape index (κ3) is 2.05. The topological polar surface area (TPSA) is 116 Å². The lowest BCUT2D eigenvalue weighted by Gasteiger charge is -1.98. The molecule has 0 aliphatic carbocycles. The minimum atomic E-state index is -0.584. The van der Waals surface area contributed by atoms with Gasteiger partial charge in [0.2, 0.25) is 11.8 Å². The third-order valence-corrected chi connectivity index (χ3v) is 1.51. The summed E-state index contributed by atoms with van der Waals surface area (Å²) < 4.78 is 0. The van der Waals surface area contributed by atoms with Crippen molar-refractivity contribution in [1.82, 2.24) is 25.1 Å². The zero-order valence-corrected chi connectivity index (χ0v) is 7.39. The first-order chi connectivity index (χ1) is 7.25. The maximum absolute atomic E-state index is 11.4. The number of hydrogen-bond donors (Lipinski definition) is 3. The molecule has 0 saturated carbocycles. The van der Waals surface area contributed by atoms with E-state index in [0.29, 0.717) is 0 Å². The van der Waals surface area contributed by atoms with Crippen LogP contribution in [-0.2, 0) is 0 Å². The van der Waals surface area contributed by atoms with Crippen LogP contribution in [0, 0.1) is 0 Å². The molecule has 8 nitrogen and oxygen atoms in total. The Labute approximate surface area is 82.8 Å². The SMILES string of the molecule is O=C(Nc1ncccn1)c1n[nH]c(=O)[nH]1. The van der Waals surface area contributed by atoms with Crippen LogP contribution in [-0.4, -0.2) is 31.1 Å². The molecule has 0 aromatic carbocycles. The number of nitrogens with one attached hydrogen (secondary N) is 3. The highest BCUT2D eigenvalue weighted by Crippen LogP contribution is 1.95. The molecular formula is C7H6N6O2. The Kier molecular flexibility index (Phi) is 2.23. The fourth-order valence-electron chi connectivity index (χ4n) is 0.902. The van der Waals surface area contributed by atoms with Crippen molar-refractivity contribution in [3.05, 3.63) is 34.8 Å². The van der Waals surface area contributed by atoms with E-state index >= 15 is 0 Å². The highest BCUT2D eigenvalue weighted by molar-refractivity contribution is 6.00. The molecular weight excluding hydrogens is 200 g/mol. The van der Waals surface area contributed by atoms with Gasteiger partial charge in [0.25, 0.3) is 5.91 Å². The van der Waals surface area contributed by atoms with E-state index in [4.69, 9.17) is 0 Å². The van der Waals surface area contributed by atoms with Gasteiger partial charge in [-0.3, -0.25) is 15.1 Å². The van der Waals surface area contributed by atoms with Gasteiger partial charge in [0.05, 0.1) is 0 Å². The molecule has 8 heteroatoms. The molecule has 0 fully saturated rings. The van der Waals surface area contributed by atoms with Crippen LogP contribution in [0.2, 0.25) is 0 Å². The van der Waals surface area contributed by atoms with Gasteiger partial charge in [0.15, 0.2) is 0 Å². The number of carbonyl (C=O) groups is 1. The lowest BCUT2D eigenvalue weighted by molar-refractivity contribution is 0.101. The van der Waals surface area contributed by atoms with Crippen molar-refractivity contribution in [2.24, 2.45) is 0 Å². The van der Waals surface area contributed by atoms with Crippen molar-refractivity contribution >= 4 is 11.9 Å². The molecule has 2 heterocycles. The second kappa shape index (κ2) is 3.70. The van der Waals surface area contributed by atoms with Gasteiger partial charge in [0, 0.05) is 12.4 Å². The second-order valence-corrected chi connectivity index (χ2v) is 2.55. The first kappa shape index (κ1) is 9.06. The van der Waals surface area contributed by atoms with Crippen molar-refractivity contribution < 1.29 is 4.79 Å². The van der Waals surface area contributed by atoms with E-state index < -0.39 is 11.6 Å². The van der Waals surface area contributed by atoms with Gasteiger partial charge in [-0.05, 0) is 6.07 Å².